The summed E-state index contributed by atoms with van der Waals surface area (Å²) in [5, 5.41) is 5.60. The van der Waals surface area contributed by atoms with E-state index in [4.69, 9.17) is 9.47 Å². The highest BCUT2D eigenvalue weighted by Crippen LogP contribution is 2.34. The van der Waals surface area contributed by atoms with Gasteiger partial charge in [0.1, 0.15) is 11.5 Å². The minimum absolute atomic E-state index is 0.0828. The van der Waals surface area contributed by atoms with Crippen molar-refractivity contribution in [3.8, 4) is 11.5 Å². The maximum absolute atomic E-state index is 13.2. The van der Waals surface area contributed by atoms with E-state index in [1.807, 2.05) is 6.92 Å². The fraction of sp³-hybridized carbons (Fsp3) is 0.391. The summed E-state index contributed by atoms with van der Waals surface area (Å²) < 4.78 is 38.5. The van der Waals surface area contributed by atoms with E-state index in [1.54, 1.807) is 37.4 Å². The van der Waals surface area contributed by atoms with Gasteiger partial charge in [0, 0.05) is 30.8 Å². The van der Waals surface area contributed by atoms with Crippen molar-refractivity contribution < 1.29 is 27.5 Å². The number of fused-ring (bicyclic) bond motifs is 1. The van der Waals surface area contributed by atoms with Crippen molar-refractivity contribution in [3.05, 3.63) is 42.5 Å². The molecule has 0 bridgehead atoms. The van der Waals surface area contributed by atoms with Gasteiger partial charge in [-0.2, -0.15) is 4.31 Å². The molecule has 0 saturated carbocycles. The molecule has 0 radical (unpaired) electrons. The Morgan fingerprint density at radius 2 is 1.97 bits per heavy atom. The van der Waals surface area contributed by atoms with Crippen LogP contribution in [0.4, 0.5) is 11.4 Å². The molecular formula is C23H27N3O6S. The largest absolute Gasteiger partial charge is 0.497 e. The number of rotatable bonds is 6. The summed E-state index contributed by atoms with van der Waals surface area (Å²) in [6.07, 6.45) is 0.767. The number of hydrogen-bond acceptors (Lipinski definition) is 6. The lowest BCUT2D eigenvalue weighted by Gasteiger charge is -2.31. The van der Waals surface area contributed by atoms with E-state index >= 15 is 0 Å². The first kappa shape index (κ1) is 23.1. The van der Waals surface area contributed by atoms with E-state index in [0.717, 1.165) is 0 Å². The van der Waals surface area contributed by atoms with Gasteiger partial charge in [0.05, 0.1) is 17.7 Å². The van der Waals surface area contributed by atoms with Crippen LogP contribution < -0.4 is 20.1 Å². The van der Waals surface area contributed by atoms with Gasteiger partial charge in [-0.1, -0.05) is 13.0 Å². The molecule has 33 heavy (non-hydrogen) atoms. The number of nitrogens with one attached hydrogen (secondary N) is 2. The molecule has 10 heteroatoms. The third-order valence-electron chi connectivity index (χ3n) is 5.94. The van der Waals surface area contributed by atoms with E-state index in [2.05, 4.69) is 10.6 Å². The molecule has 9 nitrogen and oxygen atoms in total. The zero-order valence-corrected chi connectivity index (χ0v) is 19.4. The summed E-state index contributed by atoms with van der Waals surface area (Å²) in [5.74, 6) is 0.380. The zero-order valence-electron chi connectivity index (χ0n) is 18.5. The molecule has 2 heterocycles. The summed E-state index contributed by atoms with van der Waals surface area (Å²) in [5.41, 5.74) is 0.983. The van der Waals surface area contributed by atoms with Crippen molar-refractivity contribution in [1.29, 1.82) is 0 Å². The molecule has 0 spiro atoms. The molecule has 2 amide bonds. The number of methoxy groups -OCH3 is 1. The fourth-order valence-electron chi connectivity index (χ4n) is 4.01. The third kappa shape index (κ3) is 4.81. The molecule has 1 fully saturated rings. The van der Waals surface area contributed by atoms with Gasteiger partial charge < -0.3 is 20.1 Å². The summed E-state index contributed by atoms with van der Waals surface area (Å²) >= 11 is 0. The summed E-state index contributed by atoms with van der Waals surface area (Å²) in [7, 11) is -2.21. The number of piperidine rings is 1. The van der Waals surface area contributed by atoms with Crippen LogP contribution in [0.25, 0.3) is 0 Å². The molecule has 0 unspecified atom stereocenters. The van der Waals surface area contributed by atoms with E-state index in [0.29, 0.717) is 42.1 Å². The van der Waals surface area contributed by atoms with Crippen molar-refractivity contribution in [3.63, 3.8) is 0 Å². The number of amides is 2. The zero-order chi connectivity index (χ0) is 23.6. The Hall–Kier alpha value is -3.11. The Morgan fingerprint density at radius 3 is 2.67 bits per heavy atom. The second-order valence-electron chi connectivity index (χ2n) is 8.06. The smallest absolute Gasteiger partial charge is 0.265 e. The Labute approximate surface area is 193 Å². The molecule has 2 aromatic carbocycles. The van der Waals surface area contributed by atoms with E-state index in [1.165, 1.54) is 16.4 Å². The second kappa shape index (κ2) is 9.40. The highest BCUT2D eigenvalue weighted by atomic mass is 32.2. The normalized spacial score (nSPS) is 19.2. The third-order valence-corrected chi connectivity index (χ3v) is 7.84. The van der Waals surface area contributed by atoms with Gasteiger partial charge in [0.15, 0.2) is 6.10 Å². The van der Waals surface area contributed by atoms with Crippen molar-refractivity contribution in [1.82, 2.24) is 4.31 Å². The fourth-order valence-corrected chi connectivity index (χ4v) is 5.51. The number of hydrogen-bond donors (Lipinski definition) is 2. The summed E-state index contributed by atoms with van der Waals surface area (Å²) in [6.45, 7) is 2.31. The topological polar surface area (TPSA) is 114 Å². The van der Waals surface area contributed by atoms with Crippen molar-refractivity contribution >= 4 is 33.2 Å². The minimum atomic E-state index is -3.77. The molecule has 1 saturated heterocycles. The maximum atomic E-state index is 13.2. The Bertz CT molecular complexity index is 1160. The summed E-state index contributed by atoms with van der Waals surface area (Å²) in [6, 6.07) is 11.6. The molecule has 2 aliphatic heterocycles. The predicted molar refractivity (Wildman–Crippen MR) is 123 cm³/mol. The monoisotopic (exact) mass is 473 g/mol. The van der Waals surface area contributed by atoms with E-state index in [9.17, 15) is 18.0 Å². The molecule has 2 aromatic rings. The van der Waals surface area contributed by atoms with Crippen molar-refractivity contribution in [2.75, 3.05) is 30.8 Å². The predicted octanol–water partition coefficient (Wildman–Crippen LogP) is 2.84. The molecule has 2 N–H and O–H groups in total. The van der Waals surface area contributed by atoms with Crippen molar-refractivity contribution in [2.24, 2.45) is 5.92 Å². The number of carbonyl (C=O) groups is 2. The quantitative estimate of drug-likeness (QED) is 0.667. The molecule has 0 aliphatic carbocycles. The lowest BCUT2D eigenvalue weighted by atomic mass is 9.97. The van der Waals surface area contributed by atoms with Crippen LogP contribution >= 0.6 is 0 Å². The highest BCUT2D eigenvalue weighted by molar-refractivity contribution is 7.89. The van der Waals surface area contributed by atoms with Crippen LogP contribution in [0.1, 0.15) is 26.2 Å². The van der Waals surface area contributed by atoms with Crippen LogP contribution in [0, 0.1) is 5.92 Å². The number of sulfonamides is 1. The lowest BCUT2D eigenvalue weighted by Crippen LogP contribution is -2.41. The SMILES string of the molecule is CC[C@H]1Oc2ccc(S(=O)(=O)N3CCC(C(=O)Nc4cccc(OC)c4)CC3)cc2NC1=O. The van der Waals surface area contributed by atoms with Gasteiger partial charge in [-0.3, -0.25) is 9.59 Å². The van der Waals surface area contributed by atoms with Crippen LogP contribution in [-0.4, -0.2) is 50.8 Å². The molecule has 1 atom stereocenters. The van der Waals surface area contributed by atoms with Gasteiger partial charge >= 0.3 is 0 Å². The Balaban J connectivity index is 1.40. The molecular weight excluding hydrogens is 446 g/mol. The second-order valence-corrected chi connectivity index (χ2v) is 10.00. The lowest BCUT2D eigenvalue weighted by molar-refractivity contribution is -0.123. The van der Waals surface area contributed by atoms with Crippen LogP contribution in [0.15, 0.2) is 47.4 Å². The number of benzene rings is 2. The van der Waals surface area contributed by atoms with Crippen LogP contribution in [0.3, 0.4) is 0 Å². The highest BCUT2D eigenvalue weighted by Gasteiger charge is 2.34. The van der Waals surface area contributed by atoms with E-state index in [-0.39, 0.29) is 35.7 Å². The van der Waals surface area contributed by atoms with Gasteiger partial charge in [-0.05, 0) is 49.6 Å². The van der Waals surface area contributed by atoms with Gasteiger partial charge in [0.25, 0.3) is 5.91 Å². The number of anilines is 2. The average Bonchev–Trinajstić information content (AvgIpc) is 2.83. The van der Waals surface area contributed by atoms with Gasteiger partial charge in [-0.25, -0.2) is 8.42 Å². The molecule has 176 valence electrons. The first-order chi connectivity index (χ1) is 15.8. The molecule has 4 rings (SSSR count). The maximum Gasteiger partial charge on any atom is 0.265 e. The standard InChI is InChI=1S/C23H27N3O6S/c1-3-20-23(28)25-19-14-18(7-8-21(19)32-20)33(29,30)26-11-9-15(10-12-26)22(27)24-16-5-4-6-17(13-16)31-2/h4-8,13-15,20H,3,9-12H2,1-2H3,(H,24,27)(H,25,28)/t20-/m1/s1. The first-order valence-electron chi connectivity index (χ1n) is 10.9. The molecule has 2 aliphatic rings. The van der Waals surface area contributed by atoms with Gasteiger partial charge in [-0.15, -0.1) is 0 Å². The average molecular weight is 474 g/mol. The Morgan fingerprint density at radius 1 is 1.21 bits per heavy atom. The van der Waals surface area contributed by atoms with E-state index < -0.39 is 16.1 Å². The minimum Gasteiger partial charge on any atom is -0.497 e. The van der Waals surface area contributed by atoms with Crippen molar-refractivity contribution in [2.45, 2.75) is 37.2 Å². The van der Waals surface area contributed by atoms with Crippen LogP contribution in [-0.2, 0) is 19.6 Å². The number of nitrogens with zero attached hydrogens (tertiary/aromatic N) is 1. The first-order valence-corrected chi connectivity index (χ1v) is 12.3. The Kier molecular flexibility index (Phi) is 6.57. The molecule has 0 aromatic heterocycles. The number of ether oxygens (including phenoxy) is 2. The van der Waals surface area contributed by atoms with Gasteiger partial charge in [0.2, 0.25) is 15.9 Å². The van der Waals surface area contributed by atoms with Crippen LogP contribution in [0.2, 0.25) is 0 Å². The summed E-state index contributed by atoms with van der Waals surface area (Å²) in [4.78, 5) is 24.8. The number of carbonyl (C=O) groups excluding carboxylic acids is 2. The van der Waals surface area contributed by atoms with Crippen LogP contribution in [0.5, 0.6) is 11.5 Å².